The van der Waals surface area contributed by atoms with Gasteiger partial charge in [-0.3, -0.25) is 0 Å². The van der Waals surface area contributed by atoms with Gasteiger partial charge >= 0.3 is 0 Å². The van der Waals surface area contributed by atoms with Gasteiger partial charge in [-0.05, 0) is 36.6 Å². The lowest BCUT2D eigenvalue weighted by atomic mass is 10.0. The van der Waals surface area contributed by atoms with Crippen LogP contribution in [0, 0.1) is 0 Å². The van der Waals surface area contributed by atoms with Crippen molar-refractivity contribution < 1.29 is 13.2 Å². The Hall–Kier alpha value is -1.07. The summed E-state index contributed by atoms with van der Waals surface area (Å²) >= 11 is 0. The smallest absolute Gasteiger partial charge is 0.242 e. The van der Waals surface area contributed by atoms with Crippen LogP contribution >= 0.6 is 0 Å². The van der Waals surface area contributed by atoms with E-state index in [-0.39, 0.29) is 5.92 Å². The molecule has 1 aromatic carbocycles. The molecule has 102 valence electrons. The number of nitrogens with zero attached hydrogens (tertiary/aromatic N) is 1. The maximum absolute atomic E-state index is 12.1. The largest absolute Gasteiger partial charge is 0.494 e. The summed E-state index contributed by atoms with van der Waals surface area (Å²) in [6.45, 7) is 6.52. The first kappa shape index (κ1) is 15.0. The summed E-state index contributed by atoms with van der Waals surface area (Å²) < 4.78 is 30.9. The fourth-order valence-electron chi connectivity index (χ4n) is 1.64. The van der Waals surface area contributed by atoms with E-state index in [4.69, 9.17) is 4.74 Å². The summed E-state index contributed by atoms with van der Waals surface area (Å²) in [7, 11) is -0.330. The van der Waals surface area contributed by atoms with E-state index in [1.165, 1.54) is 18.4 Å². The Morgan fingerprint density at radius 1 is 1.28 bits per heavy atom. The van der Waals surface area contributed by atoms with Gasteiger partial charge in [-0.2, -0.15) is 0 Å². The van der Waals surface area contributed by atoms with Gasteiger partial charge in [0.2, 0.25) is 10.0 Å². The molecule has 0 aromatic heterocycles. The number of sulfonamides is 1. The Morgan fingerprint density at radius 2 is 1.89 bits per heavy atom. The second-order valence-electron chi connectivity index (χ2n) is 4.57. The molecule has 0 fully saturated rings. The third-order valence-electron chi connectivity index (χ3n) is 2.68. The van der Waals surface area contributed by atoms with E-state index in [0.717, 1.165) is 11.3 Å². The van der Waals surface area contributed by atoms with Crippen LogP contribution in [0.15, 0.2) is 23.1 Å². The molecule has 4 nitrogen and oxygen atoms in total. The average Bonchev–Trinajstić information content (AvgIpc) is 2.29. The lowest BCUT2D eigenvalue weighted by Gasteiger charge is -2.17. The zero-order valence-corrected chi connectivity index (χ0v) is 12.4. The van der Waals surface area contributed by atoms with Crippen LogP contribution in [0.2, 0.25) is 0 Å². The van der Waals surface area contributed by atoms with Gasteiger partial charge in [0.05, 0.1) is 11.5 Å². The molecular weight excluding hydrogens is 250 g/mol. The standard InChI is InChI=1S/C13H21NO3S/c1-6-17-13-8-7-11(9-12(13)10(2)3)18(15,16)14(4)5/h7-10H,6H2,1-5H3. The zero-order chi connectivity index (χ0) is 13.9. The number of rotatable bonds is 5. The fourth-order valence-corrected chi connectivity index (χ4v) is 2.57. The highest BCUT2D eigenvalue weighted by atomic mass is 32.2. The minimum Gasteiger partial charge on any atom is -0.494 e. The predicted octanol–water partition coefficient (Wildman–Crippen LogP) is 2.46. The molecule has 1 aromatic rings. The van der Waals surface area contributed by atoms with Crippen LogP contribution in [-0.4, -0.2) is 33.4 Å². The maximum Gasteiger partial charge on any atom is 0.242 e. The van der Waals surface area contributed by atoms with Crippen LogP contribution in [0.25, 0.3) is 0 Å². The molecule has 0 heterocycles. The average molecular weight is 271 g/mol. The summed E-state index contributed by atoms with van der Waals surface area (Å²) in [4.78, 5) is 0.305. The molecule has 0 saturated heterocycles. The van der Waals surface area contributed by atoms with Crippen LogP contribution in [0.5, 0.6) is 5.75 Å². The highest BCUT2D eigenvalue weighted by Crippen LogP contribution is 2.29. The molecule has 0 aliphatic carbocycles. The van der Waals surface area contributed by atoms with Gasteiger partial charge in [-0.1, -0.05) is 13.8 Å². The van der Waals surface area contributed by atoms with E-state index in [0.29, 0.717) is 11.5 Å². The van der Waals surface area contributed by atoms with Crippen LogP contribution in [-0.2, 0) is 10.0 Å². The molecule has 0 saturated carbocycles. The summed E-state index contributed by atoms with van der Waals surface area (Å²) in [6.07, 6.45) is 0. The Balaban J connectivity index is 3.32. The van der Waals surface area contributed by atoms with Crippen molar-refractivity contribution in [2.45, 2.75) is 31.6 Å². The van der Waals surface area contributed by atoms with Crippen LogP contribution in [0.4, 0.5) is 0 Å². The van der Waals surface area contributed by atoms with Crippen molar-refractivity contribution in [2.24, 2.45) is 0 Å². The minimum atomic E-state index is -3.39. The monoisotopic (exact) mass is 271 g/mol. The Bertz CT molecular complexity index is 507. The molecule has 18 heavy (non-hydrogen) atoms. The summed E-state index contributed by atoms with van der Waals surface area (Å²) in [5.41, 5.74) is 0.916. The van der Waals surface area contributed by atoms with Crippen molar-refractivity contribution >= 4 is 10.0 Å². The van der Waals surface area contributed by atoms with Crippen molar-refractivity contribution in [2.75, 3.05) is 20.7 Å². The zero-order valence-electron chi connectivity index (χ0n) is 11.6. The highest BCUT2D eigenvalue weighted by Gasteiger charge is 2.19. The van der Waals surface area contributed by atoms with Gasteiger partial charge in [0.25, 0.3) is 0 Å². The van der Waals surface area contributed by atoms with Crippen LogP contribution in [0.1, 0.15) is 32.3 Å². The van der Waals surface area contributed by atoms with Crippen molar-refractivity contribution in [1.29, 1.82) is 0 Å². The van der Waals surface area contributed by atoms with Gasteiger partial charge in [0.15, 0.2) is 0 Å². The second kappa shape index (κ2) is 5.71. The first-order chi connectivity index (χ1) is 8.30. The summed E-state index contributed by atoms with van der Waals surface area (Å²) in [5.74, 6) is 0.967. The highest BCUT2D eigenvalue weighted by molar-refractivity contribution is 7.89. The first-order valence-corrected chi connectivity index (χ1v) is 7.44. The molecule has 1 rings (SSSR count). The number of hydrogen-bond acceptors (Lipinski definition) is 3. The van der Waals surface area contributed by atoms with Crippen molar-refractivity contribution in [1.82, 2.24) is 4.31 Å². The topological polar surface area (TPSA) is 46.6 Å². The quantitative estimate of drug-likeness (QED) is 0.826. The van der Waals surface area contributed by atoms with Gasteiger partial charge in [0, 0.05) is 14.1 Å². The summed E-state index contributed by atoms with van der Waals surface area (Å²) in [5, 5.41) is 0. The van der Waals surface area contributed by atoms with Gasteiger partial charge in [0.1, 0.15) is 5.75 Å². The van der Waals surface area contributed by atoms with Crippen molar-refractivity contribution in [3.05, 3.63) is 23.8 Å². The number of ether oxygens (including phenoxy) is 1. The Labute approximate surface area is 110 Å². The Kier molecular flexibility index (Phi) is 4.76. The molecule has 0 amide bonds. The first-order valence-electron chi connectivity index (χ1n) is 6.00. The predicted molar refractivity (Wildman–Crippen MR) is 72.6 cm³/mol. The molecule has 0 spiro atoms. The van der Waals surface area contributed by atoms with Crippen LogP contribution in [0.3, 0.4) is 0 Å². The van der Waals surface area contributed by atoms with Crippen molar-refractivity contribution in [3.63, 3.8) is 0 Å². The van der Waals surface area contributed by atoms with E-state index in [1.807, 2.05) is 20.8 Å². The maximum atomic E-state index is 12.1. The van der Waals surface area contributed by atoms with E-state index in [2.05, 4.69) is 0 Å². The van der Waals surface area contributed by atoms with E-state index in [1.54, 1.807) is 18.2 Å². The summed E-state index contributed by atoms with van der Waals surface area (Å²) in [6, 6.07) is 5.02. The van der Waals surface area contributed by atoms with E-state index < -0.39 is 10.0 Å². The minimum absolute atomic E-state index is 0.212. The van der Waals surface area contributed by atoms with Gasteiger partial charge < -0.3 is 4.74 Å². The fraction of sp³-hybridized carbons (Fsp3) is 0.538. The van der Waals surface area contributed by atoms with E-state index >= 15 is 0 Å². The molecule has 0 radical (unpaired) electrons. The third kappa shape index (κ3) is 3.03. The van der Waals surface area contributed by atoms with E-state index in [9.17, 15) is 8.42 Å². The number of benzene rings is 1. The SMILES string of the molecule is CCOc1ccc(S(=O)(=O)N(C)C)cc1C(C)C. The molecular formula is C13H21NO3S. The van der Waals surface area contributed by atoms with Gasteiger partial charge in [-0.15, -0.1) is 0 Å². The second-order valence-corrected chi connectivity index (χ2v) is 6.73. The number of hydrogen-bond donors (Lipinski definition) is 0. The van der Waals surface area contributed by atoms with Crippen molar-refractivity contribution in [3.8, 4) is 5.75 Å². The van der Waals surface area contributed by atoms with Crippen LogP contribution < -0.4 is 4.74 Å². The molecule has 0 unspecified atom stereocenters. The normalized spacial score (nSPS) is 12.2. The molecule has 5 heteroatoms. The lowest BCUT2D eigenvalue weighted by Crippen LogP contribution is -2.22. The Morgan fingerprint density at radius 3 is 2.33 bits per heavy atom. The molecule has 0 bridgehead atoms. The third-order valence-corrected chi connectivity index (χ3v) is 4.49. The molecule has 0 aliphatic rings. The molecule has 0 N–H and O–H groups in total. The molecule has 0 atom stereocenters. The van der Waals surface area contributed by atoms with Gasteiger partial charge in [-0.25, -0.2) is 12.7 Å². The molecule has 0 aliphatic heterocycles. The lowest BCUT2D eigenvalue weighted by molar-refractivity contribution is 0.335.